The van der Waals surface area contributed by atoms with E-state index in [2.05, 4.69) is 0 Å². The van der Waals surface area contributed by atoms with Crippen molar-refractivity contribution in [1.29, 1.82) is 0 Å². The van der Waals surface area contributed by atoms with Crippen LogP contribution in [0.25, 0.3) is 6.08 Å². The predicted octanol–water partition coefficient (Wildman–Crippen LogP) is -0.572. The number of carbonyl (C=O) groups excluding carboxylic acids is 6. The molecule has 2 aliphatic rings. The van der Waals surface area contributed by atoms with E-state index >= 15 is 0 Å². The van der Waals surface area contributed by atoms with Gasteiger partial charge in [-0.2, -0.15) is 0 Å². The fraction of sp³-hybridized carbons (Fsp3) is 0.548. The zero-order chi connectivity index (χ0) is 36.5. The van der Waals surface area contributed by atoms with E-state index in [0.717, 1.165) is 40.7 Å². The lowest BCUT2D eigenvalue weighted by atomic mass is 9.97. The van der Waals surface area contributed by atoms with Gasteiger partial charge in [0.1, 0.15) is 37.3 Å². The SMILES string of the molecule is CC(=O)OCC1OC(OC2(COC(C)=O)OC(CO)C(O)C2OC(=O)C=Cc2ccc(O)cc2)C(OC(C)=O)C(OC(C)=O)C1OC(C)=O. The molecular formula is C31H38O18. The Morgan fingerprint density at radius 1 is 0.776 bits per heavy atom. The van der Waals surface area contributed by atoms with Gasteiger partial charge in [-0.05, 0) is 23.8 Å². The maximum atomic E-state index is 13.0. The summed E-state index contributed by atoms with van der Waals surface area (Å²) in [6.45, 7) is 2.75. The van der Waals surface area contributed by atoms with Crippen molar-refractivity contribution in [2.75, 3.05) is 19.8 Å². The number of aliphatic hydroxyl groups is 2. The molecule has 9 unspecified atom stereocenters. The van der Waals surface area contributed by atoms with Gasteiger partial charge in [-0.15, -0.1) is 0 Å². The second-order valence-corrected chi connectivity index (χ2v) is 10.9. The second kappa shape index (κ2) is 17.2. The molecule has 2 aliphatic heterocycles. The molecule has 1 aromatic carbocycles. The van der Waals surface area contributed by atoms with Crippen LogP contribution in [0.5, 0.6) is 5.75 Å². The van der Waals surface area contributed by atoms with Crippen molar-refractivity contribution in [3.05, 3.63) is 35.9 Å². The third kappa shape index (κ3) is 10.7. The Kier molecular flexibility index (Phi) is 13.6. The summed E-state index contributed by atoms with van der Waals surface area (Å²) in [7, 11) is 0. The maximum Gasteiger partial charge on any atom is 0.331 e. The Bertz CT molecular complexity index is 1390. The minimum atomic E-state index is -2.51. The Morgan fingerprint density at radius 3 is 1.90 bits per heavy atom. The second-order valence-electron chi connectivity index (χ2n) is 10.9. The molecule has 9 atom stereocenters. The van der Waals surface area contributed by atoms with Crippen LogP contribution in [-0.2, 0) is 71.4 Å². The van der Waals surface area contributed by atoms with E-state index in [1.807, 2.05) is 0 Å². The number of esters is 6. The molecule has 270 valence electrons. The van der Waals surface area contributed by atoms with Crippen LogP contribution >= 0.6 is 0 Å². The summed E-state index contributed by atoms with van der Waals surface area (Å²) in [5.74, 6) is -8.03. The monoisotopic (exact) mass is 698 g/mol. The normalized spacial score (nSPS) is 29.4. The molecule has 0 aliphatic carbocycles. The summed E-state index contributed by atoms with van der Waals surface area (Å²) >= 11 is 0. The van der Waals surface area contributed by atoms with E-state index < -0.39 is 110 Å². The third-order valence-corrected chi connectivity index (χ3v) is 6.94. The molecule has 3 N–H and O–H groups in total. The molecule has 0 aromatic heterocycles. The Morgan fingerprint density at radius 2 is 1.35 bits per heavy atom. The fourth-order valence-electron chi connectivity index (χ4n) is 4.99. The van der Waals surface area contributed by atoms with E-state index in [1.165, 1.54) is 30.3 Å². The van der Waals surface area contributed by atoms with Crippen molar-refractivity contribution < 1.29 is 86.7 Å². The molecule has 1 aromatic rings. The first-order chi connectivity index (χ1) is 23.0. The number of carbonyl (C=O) groups is 6. The van der Waals surface area contributed by atoms with Crippen molar-refractivity contribution >= 4 is 41.9 Å². The highest BCUT2D eigenvalue weighted by Crippen LogP contribution is 2.40. The molecule has 0 amide bonds. The molecule has 49 heavy (non-hydrogen) atoms. The van der Waals surface area contributed by atoms with Gasteiger partial charge in [-0.1, -0.05) is 12.1 Å². The molecule has 2 fully saturated rings. The summed E-state index contributed by atoms with van der Waals surface area (Å²) in [5, 5.41) is 30.6. The first-order valence-corrected chi connectivity index (χ1v) is 14.8. The maximum absolute atomic E-state index is 13.0. The molecule has 0 spiro atoms. The standard InChI is InChI=1S/C31H38O18/c1-15(33)41-13-23-26(43-17(3)35)27(44-18(4)36)28(45-19(5)37)30(46-23)49-31(14-42-16(2)34)29(25(40)22(12-32)48-31)47-24(39)11-8-20-6-9-21(38)10-7-20/h6-11,22-23,25-30,32,38,40H,12-14H2,1-5H3. The fourth-order valence-corrected chi connectivity index (χ4v) is 4.99. The average molecular weight is 699 g/mol. The summed E-state index contributed by atoms with van der Waals surface area (Å²) in [6.07, 6.45) is -11.3. The molecular weight excluding hydrogens is 660 g/mol. The average Bonchev–Trinajstić information content (AvgIpc) is 3.27. The lowest BCUT2D eigenvalue weighted by molar-refractivity contribution is -0.384. The van der Waals surface area contributed by atoms with Gasteiger partial charge < -0.3 is 58.0 Å². The van der Waals surface area contributed by atoms with Gasteiger partial charge in [0.15, 0.2) is 24.4 Å². The highest BCUT2D eigenvalue weighted by atomic mass is 16.8. The van der Waals surface area contributed by atoms with Crippen LogP contribution in [0.3, 0.4) is 0 Å². The van der Waals surface area contributed by atoms with E-state index in [4.69, 9.17) is 42.6 Å². The minimum absolute atomic E-state index is 0.0180. The van der Waals surface area contributed by atoms with Crippen LogP contribution in [0.1, 0.15) is 40.2 Å². The van der Waals surface area contributed by atoms with Gasteiger partial charge in [0.2, 0.25) is 12.1 Å². The van der Waals surface area contributed by atoms with Gasteiger partial charge >= 0.3 is 35.8 Å². The smallest absolute Gasteiger partial charge is 0.331 e. The topological polar surface area (TPSA) is 246 Å². The summed E-state index contributed by atoms with van der Waals surface area (Å²) < 4.78 is 49.8. The summed E-state index contributed by atoms with van der Waals surface area (Å²) in [4.78, 5) is 73.3. The molecule has 2 heterocycles. The number of aromatic hydroxyl groups is 1. The molecule has 2 saturated heterocycles. The van der Waals surface area contributed by atoms with Gasteiger partial charge in [0.05, 0.1) is 6.61 Å². The van der Waals surface area contributed by atoms with Gasteiger partial charge in [-0.25, -0.2) is 4.79 Å². The molecule has 18 nitrogen and oxygen atoms in total. The van der Waals surface area contributed by atoms with Crippen LogP contribution in [0.4, 0.5) is 0 Å². The number of aliphatic hydroxyl groups excluding tert-OH is 2. The highest BCUT2D eigenvalue weighted by molar-refractivity contribution is 5.87. The van der Waals surface area contributed by atoms with Crippen LogP contribution < -0.4 is 0 Å². The van der Waals surface area contributed by atoms with Crippen molar-refractivity contribution in [3.63, 3.8) is 0 Å². The van der Waals surface area contributed by atoms with E-state index in [1.54, 1.807) is 0 Å². The Hall–Kier alpha value is -4.62. The molecule has 0 bridgehead atoms. The first-order valence-electron chi connectivity index (χ1n) is 14.8. The molecule has 0 radical (unpaired) electrons. The van der Waals surface area contributed by atoms with E-state index in [0.29, 0.717) is 5.56 Å². The number of phenolic OH excluding ortho intramolecular Hbond substituents is 1. The molecule has 18 heteroatoms. The summed E-state index contributed by atoms with van der Waals surface area (Å²) in [6, 6.07) is 5.73. The van der Waals surface area contributed by atoms with Gasteiger partial charge in [0.25, 0.3) is 0 Å². The van der Waals surface area contributed by atoms with Gasteiger partial charge in [-0.3, -0.25) is 24.0 Å². The number of ether oxygens (including phenoxy) is 9. The predicted molar refractivity (Wildman–Crippen MR) is 157 cm³/mol. The lowest BCUT2D eigenvalue weighted by Crippen LogP contribution is -2.65. The van der Waals surface area contributed by atoms with Crippen LogP contribution in [0.2, 0.25) is 0 Å². The number of rotatable bonds is 13. The Labute approximate surface area is 279 Å². The van der Waals surface area contributed by atoms with Crippen LogP contribution in [0, 0.1) is 0 Å². The zero-order valence-electron chi connectivity index (χ0n) is 27.2. The first kappa shape index (κ1) is 38.8. The molecule has 3 rings (SSSR count). The quantitative estimate of drug-likeness (QED) is 0.133. The van der Waals surface area contributed by atoms with E-state index in [-0.39, 0.29) is 5.75 Å². The van der Waals surface area contributed by atoms with Crippen LogP contribution in [-0.4, -0.2) is 126 Å². The largest absolute Gasteiger partial charge is 0.508 e. The van der Waals surface area contributed by atoms with Crippen molar-refractivity contribution in [2.24, 2.45) is 0 Å². The Balaban J connectivity index is 2.10. The number of hydrogen-bond acceptors (Lipinski definition) is 18. The molecule has 0 saturated carbocycles. The van der Waals surface area contributed by atoms with Crippen molar-refractivity contribution in [3.8, 4) is 5.75 Å². The van der Waals surface area contributed by atoms with E-state index in [9.17, 15) is 44.1 Å². The zero-order valence-corrected chi connectivity index (χ0v) is 27.2. The number of hydrogen-bond donors (Lipinski definition) is 3. The van der Waals surface area contributed by atoms with Crippen molar-refractivity contribution in [2.45, 2.75) is 89.4 Å². The third-order valence-electron chi connectivity index (χ3n) is 6.94. The lowest BCUT2D eigenvalue weighted by Gasteiger charge is -2.46. The number of phenols is 1. The number of benzene rings is 1. The highest BCUT2D eigenvalue weighted by Gasteiger charge is 2.63. The minimum Gasteiger partial charge on any atom is -0.508 e. The van der Waals surface area contributed by atoms with Crippen molar-refractivity contribution in [1.82, 2.24) is 0 Å². The summed E-state index contributed by atoms with van der Waals surface area (Å²) in [5.41, 5.74) is 0.478. The van der Waals surface area contributed by atoms with Crippen LogP contribution in [0.15, 0.2) is 30.3 Å². The van der Waals surface area contributed by atoms with Gasteiger partial charge in [0, 0.05) is 40.7 Å².